The highest BCUT2D eigenvalue weighted by Crippen LogP contribution is 2.38. The molecule has 3 N–H and O–H groups in total. The van der Waals surface area contributed by atoms with Gasteiger partial charge in [-0.2, -0.15) is 0 Å². The molecule has 0 aromatic heterocycles. The van der Waals surface area contributed by atoms with Crippen molar-refractivity contribution in [3.05, 3.63) is 65.2 Å². The Morgan fingerprint density at radius 3 is 2.38 bits per heavy atom. The lowest BCUT2D eigenvalue weighted by molar-refractivity contribution is 0.100. The van der Waals surface area contributed by atoms with Gasteiger partial charge in [0.25, 0.3) is 0 Å². The molecule has 3 rings (SSSR count). The monoisotopic (exact) mass is 280 g/mol. The summed E-state index contributed by atoms with van der Waals surface area (Å²) in [5.74, 6) is 0.231. The molecule has 0 radical (unpaired) electrons. The summed E-state index contributed by atoms with van der Waals surface area (Å²) in [5.41, 5.74) is 9.65. The van der Waals surface area contributed by atoms with Crippen molar-refractivity contribution in [3.63, 3.8) is 0 Å². The topological polar surface area (TPSA) is 55.1 Å². The van der Waals surface area contributed by atoms with Gasteiger partial charge in [-0.15, -0.1) is 0 Å². The number of primary amides is 1. The zero-order chi connectivity index (χ0) is 14.8. The van der Waals surface area contributed by atoms with E-state index in [-0.39, 0.29) is 0 Å². The number of carbonyl (C=O) groups is 1. The summed E-state index contributed by atoms with van der Waals surface area (Å²) in [7, 11) is 0. The Hall–Kier alpha value is -2.29. The summed E-state index contributed by atoms with van der Waals surface area (Å²) >= 11 is 0. The maximum atomic E-state index is 11.1. The Morgan fingerprint density at radius 2 is 1.71 bits per heavy atom. The van der Waals surface area contributed by atoms with Crippen molar-refractivity contribution in [1.29, 1.82) is 0 Å². The lowest BCUT2D eigenvalue weighted by Crippen LogP contribution is -2.19. The lowest BCUT2D eigenvalue weighted by Gasteiger charge is -2.31. The molecule has 2 atom stereocenters. The number of benzene rings is 2. The number of nitrogens with one attached hydrogen (secondary N) is 1. The minimum absolute atomic E-state index is 0.330. The zero-order valence-electron chi connectivity index (χ0n) is 12.2. The number of rotatable bonds is 3. The molecule has 1 amide bonds. The van der Waals surface area contributed by atoms with Gasteiger partial charge in [0.1, 0.15) is 0 Å². The second kappa shape index (κ2) is 5.60. The minimum Gasteiger partial charge on any atom is -0.378 e. The smallest absolute Gasteiger partial charge is 0.248 e. The number of anilines is 1. The van der Waals surface area contributed by atoms with Crippen LogP contribution in [0.1, 0.15) is 53.2 Å². The average Bonchev–Trinajstić information content (AvgIpc) is 2.51. The van der Waals surface area contributed by atoms with Crippen molar-refractivity contribution < 1.29 is 4.79 Å². The van der Waals surface area contributed by atoms with Gasteiger partial charge < -0.3 is 11.1 Å². The van der Waals surface area contributed by atoms with Crippen LogP contribution in [0.5, 0.6) is 0 Å². The van der Waals surface area contributed by atoms with E-state index in [1.807, 2.05) is 12.1 Å². The first-order valence-electron chi connectivity index (χ1n) is 7.40. The summed E-state index contributed by atoms with van der Waals surface area (Å²) in [4.78, 5) is 11.1. The van der Waals surface area contributed by atoms with Gasteiger partial charge in [-0.25, -0.2) is 0 Å². The van der Waals surface area contributed by atoms with Gasteiger partial charge in [0.05, 0.1) is 6.04 Å². The van der Waals surface area contributed by atoms with E-state index in [0.717, 1.165) is 12.1 Å². The molecule has 2 aromatic rings. The number of hydrogen-bond donors (Lipinski definition) is 2. The fraction of sp³-hybridized carbons (Fsp3) is 0.278. The zero-order valence-corrected chi connectivity index (χ0v) is 12.2. The van der Waals surface area contributed by atoms with Crippen LogP contribution in [0.2, 0.25) is 0 Å². The summed E-state index contributed by atoms with van der Waals surface area (Å²) in [6.07, 6.45) is 2.31. The first-order valence-corrected chi connectivity index (χ1v) is 7.40. The van der Waals surface area contributed by atoms with Crippen LogP contribution in [0.3, 0.4) is 0 Å². The van der Waals surface area contributed by atoms with Crippen LogP contribution in [0.4, 0.5) is 5.69 Å². The predicted molar refractivity (Wildman–Crippen MR) is 85.4 cm³/mol. The summed E-state index contributed by atoms with van der Waals surface area (Å²) in [6.45, 7) is 2.29. The van der Waals surface area contributed by atoms with Crippen molar-refractivity contribution in [2.45, 2.75) is 31.7 Å². The van der Waals surface area contributed by atoms with Crippen molar-refractivity contribution in [2.24, 2.45) is 5.73 Å². The van der Waals surface area contributed by atoms with Crippen molar-refractivity contribution in [1.82, 2.24) is 0 Å². The molecule has 0 saturated heterocycles. The van der Waals surface area contributed by atoms with E-state index in [4.69, 9.17) is 5.73 Å². The Balaban J connectivity index is 1.82. The van der Waals surface area contributed by atoms with E-state index in [1.54, 1.807) is 12.1 Å². The number of carbonyl (C=O) groups excluding carboxylic acids is 1. The summed E-state index contributed by atoms with van der Waals surface area (Å²) in [6, 6.07) is 16.3. The molecular weight excluding hydrogens is 260 g/mol. The molecule has 0 heterocycles. The van der Waals surface area contributed by atoms with Crippen LogP contribution in [0.15, 0.2) is 48.5 Å². The van der Waals surface area contributed by atoms with E-state index in [2.05, 4.69) is 36.5 Å². The molecule has 0 fully saturated rings. The lowest BCUT2D eigenvalue weighted by atomic mass is 9.81. The third kappa shape index (κ3) is 2.77. The number of amides is 1. The average molecular weight is 280 g/mol. The van der Waals surface area contributed by atoms with E-state index >= 15 is 0 Å². The second-order valence-corrected chi connectivity index (χ2v) is 5.75. The summed E-state index contributed by atoms with van der Waals surface area (Å²) < 4.78 is 0. The van der Waals surface area contributed by atoms with E-state index in [1.165, 1.54) is 17.5 Å². The number of nitrogens with two attached hydrogens (primary N) is 1. The largest absolute Gasteiger partial charge is 0.378 e. The Morgan fingerprint density at radius 1 is 1.05 bits per heavy atom. The van der Waals surface area contributed by atoms with E-state index in [0.29, 0.717) is 17.5 Å². The molecule has 2 aromatic carbocycles. The molecule has 0 spiro atoms. The summed E-state index contributed by atoms with van der Waals surface area (Å²) in [5, 5.41) is 3.57. The van der Waals surface area contributed by atoms with Crippen LogP contribution in [-0.4, -0.2) is 5.91 Å². The molecule has 21 heavy (non-hydrogen) atoms. The highest BCUT2D eigenvalue weighted by Gasteiger charge is 2.24. The molecule has 108 valence electrons. The van der Waals surface area contributed by atoms with Crippen molar-refractivity contribution in [3.8, 4) is 0 Å². The Bertz CT molecular complexity index is 649. The highest BCUT2D eigenvalue weighted by molar-refractivity contribution is 5.93. The van der Waals surface area contributed by atoms with Gasteiger partial charge in [-0.3, -0.25) is 4.79 Å². The third-order valence-corrected chi connectivity index (χ3v) is 4.30. The Kier molecular flexibility index (Phi) is 3.65. The minimum atomic E-state index is -0.390. The quantitative estimate of drug-likeness (QED) is 0.897. The SMILES string of the molecule is CC1CCC(Nc2ccc(C(N)=O)cc2)c2ccccc21. The van der Waals surface area contributed by atoms with Gasteiger partial charge in [-0.05, 0) is 54.2 Å². The third-order valence-electron chi connectivity index (χ3n) is 4.30. The molecule has 0 aliphatic heterocycles. The first kappa shape index (κ1) is 13.7. The molecule has 2 unspecified atom stereocenters. The fourth-order valence-electron chi connectivity index (χ4n) is 3.09. The van der Waals surface area contributed by atoms with Crippen LogP contribution in [-0.2, 0) is 0 Å². The fourth-order valence-corrected chi connectivity index (χ4v) is 3.09. The molecule has 0 bridgehead atoms. The second-order valence-electron chi connectivity index (χ2n) is 5.75. The van der Waals surface area contributed by atoms with Gasteiger partial charge >= 0.3 is 0 Å². The molecular formula is C18H20N2O. The van der Waals surface area contributed by atoms with Gasteiger partial charge in [-0.1, -0.05) is 31.2 Å². The Labute approximate surface area is 125 Å². The standard InChI is InChI=1S/C18H20N2O/c1-12-6-11-17(16-5-3-2-4-15(12)16)20-14-9-7-13(8-10-14)18(19)21/h2-5,7-10,12,17,20H,6,11H2,1H3,(H2,19,21). The van der Waals surface area contributed by atoms with E-state index < -0.39 is 5.91 Å². The number of fused-ring (bicyclic) bond motifs is 1. The maximum Gasteiger partial charge on any atom is 0.248 e. The normalized spacial score (nSPS) is 20.6. The molecule has 1 aliphatic rings. The van der Waals surface area contributed by atoms with Gasteiger partial charge in [0, 0.05) is 11.3 Å². The molecule has 3 nitrogen and oxygen atoms in total. The maximum absolute atomic E-state index is 11.1. The van der Waals surface area contributed by atoms with Gasteiger partial charge in [0.15, 0.2) is 0 Å². The van der Waals surface area contributed by atoms with Crippen LogP contribution < -0.4 is 11.1 Å². The van der Waals surface area contributed by atoms with E-state index in [9.17, 15) is 4.79 Å². The first-order chi connectivity index (χ1) is 10.1. The van der Waals surface area contributed by atoms with Gasteiger partial charge in [0.2, 0.25) is 5.91 Å². The predicted octanol–water partition coefficient (Wildman–Crippen LogP) is 3.84. The molecule has 1 aliphatic carbocycles. The molecule has 0 saturated carbocycles. The highest BCUT2D eigenvalue weighted by atomic mass is 16.1. The molecule has 3 heteroatoms. The van der Waals surface area contributed by atoms with Crippen LogP contribution in [0.25, 0.3) is 0 Å². The van der Waals surface area contributed by atoms with Crippen molar-refractivity contribution in [2.75, 3.05) is 5.32 Å². The van der Waals surface area contributed by atoms with Crippen LogP contribution >= 0.6 is 0 Å². The number of hydrogen-bond acceptors (Lipinski definition) is 2. The van der Waals surface area contributed by atoms with Crippen LogP contribution in [0, 0.1) is 0 Å². The van der Waals surface area contributed by atoms with Crippen molar-refractivity contribution >= 4 is 11.6 Å².